The molecule has 0 aliphatic carbocycles. The van der Waals surface area contributed by atoms with E-state index in [1.54, 1.807) is 0 Å². The number of nitrogens with one attached hydrogen (secondary N) is 1. The number of likely N-dealkylation sites (tertiary alicyclic amines) is 1. The molecule has 0 bridgehead atoms. The van der Waals surface area contributed by atoms with Crippen LogP contribution in [0.5, 0.6) is 0 Å². The summed E-state index contributed by atoms with van der Waals surface area (Å²) in [7, 11) is 0. The Balaban J connectivity index is 1.25. The van der Waals surface area contributed by atoms with Crippen LogP contribution in [-0.2, 0) is 22.6 Å². The maximum atomic E-state index is 12.8. The molecule has 2 amide bonds. The summed E-state index contributed by atoms with van der Waals surface area (Å²) in [4.78, 5) is 34.2. The number of nitrogens with zero attached hydrogens (tertiary/aromatic N) is 3. The van der Waals surface area contributed by atoms with Gasteiger partial charge in [-0.05, 0) is 48.8 Å². The van der Waals surface area contributed by atoms with Gasteiger partial charge in [0.05, 0.1) is 12.3 Å². The van der Waals surface area contributed by atoms with Crippen molar-refractivity contribution in [2.24, 2.45) is 11.8 Å². The van der Waals surface area contributed by atoms with E-state index < -0.39 is 0 Å². The highest BCUT2D eigenvalue weighted by atomic mass is 16.2. The molecule has 1 unspecified atom stereocenters. The Labute approximate surface area is 191 Å². The van der Waals surface area contributed by atoms with E-state index in [9.17, 15) is 9.59 Å². The second-order valence-electron chi connectivity index (χ2n) is 9.25. The van der Waals surface area contributed by atoms with E-state index in [0.717, 1.165) is 55.3 Å². The maximum Gasteiger partial charge on any atom is 0.227 e. The Bertz CT molecular complexity index is 892. The predicted molar refractivity (Wildman–Crippen MR) is 126 cm³/mol. The number of carbonyl (C=O) groups is 2. The number of hydrogen-bond donors (Lipinski definition) is 1. The Kier molecular flexibility index (Phi) is 7.40. The minimum absolute atomic E-state index is 0.0244. The van der Waals surface area contributed by atoms with Gasteiger partial charge >= 0.3 is 0 Å². The highest BCUT2D eigenvalue weighted by molar-refractivity contribution is 5.82. The molecule has 2 aromatic rings. The van der Waals surface area contributed by atoms with Crippen molar-refractivity contribution in [2.45, 2.75) is 45.6 Å². The van der Waals surface area contributed by atoms with E-state index in [-0.39, 0.29) is 17.7 Å². The molecule has 6 heteroatoms. The second-order valence-corrected chi connectivity index (χ2v) is 9.25. The fourth-order valence-electron chi connectivity index (χ4n) is 4.58. The van der Waals surface area contributed by atoms with Gasteiger partial charge < -0.3 is 15.1 Å². The van der Waals surface area contributed by atoms with Crippen LogP contribution in [0, 0.1) is 11.8 Å². The Morgan fingerprint density at radius 1 is 1.00 bits per heavy atom. The normalized spacial score (nSPS) is 19.6. The summed E-state index contributed by atoms with van der Waals surface area (Å²) in [6.45, 7) is 6.13. The lowest BCUT2D eigenvalue weighted by atomic mass is 9.96. The number of pyridine rings is 1. The molecule has 4 rings (SSSR count). The van der Waals surface area contributed by atoms with Gasteiger partial charge in [-0.1, -0.05) is 43.3 Å². The quantitative estimate of drug-likeness (QED) is 0.757. The molecule has 2 saturated heterocycles. The SMILES string of the molecule is CC1CCN(c2ccc(CNC(=O)C3CCCN(C(=O)Cc4ccccc4)C3)cn2)CC1. The summed E-state index contributed by atoms with van der Waals surface area (Å²) >= 11 is 0. The number of amides is 2. The second kappa shape index (κ2) is 10.6. The van der Waals surface area contributed by atoms with E-state index in [1.807, 2.05) is 41.4 Å². The number of piperidine rings is 2. The van der Waals surface area contributed by atoms with Crippen molar-refractivity contribution in [3.63, 3.8) is 0 Å². The van der Waals surface area contributed by atoms with Crippen LogP contribution < -0.4 is 10.2 Å². The molecule has 3 heterocycles. The average Bonchev–Trinajstić information content (AvgIpc) is 2.84. The van der Waals surface area contributed by atoms with Crippen LogP contribution in [-0.4, -0.2) is 47.9 Å². The van der Waals surface area contributed by atoms with Gasteiger partial charge in [0.25, 0.3) is 0 Å². The van der Waals surface area contributed by atoms with Crippen molar-refractivity contribution < 1.29 is 9.59 Å². The molecule has 1 N–H and O–H groups in total. The van der Waals surface area contributed by atoms with Gasteiger partial charge in [-0.3, -0.25) is 9.59 Å². The minimum atomic E-state index is -0.147. The Hall–Kier alpha value is -2.89. The fourth-order valence-corrected chi connectivity index (χ4v) is 4.58. The number of rotatable bonds is 6. The smallest absolute Gasteiger partial charge is 0.227 e. The van der Waals surface area contributed by atoms with Crippen molar-refractivity contribution in [2.75, 3.05) is 31.1 Å². The third-order valence-electron chi connectivity index (χ3n) is 6.73. The molecule has 1 atom stereocenters. The summed E-state index contributed by atoms with van der Waals surface area (Å²) < 4.78 is 0. The van der Waals surface area contributed by atoms with E-state index in [0.29, 0.717) is 19.5 Å². The third kappa shape index (κ3) is 5.87. The first-order chi connectivity index (χ1) is 15.6. The summed E-state index contributed by atoms with van der Waals surface area (Å²) in [5.41, 5.74) is 2.01. The summed E-state index contributed by atoms with van der Waals surface area (Å²) in [6.07, 6.45) is 6.37. The predicted octanol–water partition coefficient (Wildman–Crippen LogP) is 3.42. The Morgan fingerprint density at radius 2 is 1.78 bits per heavy atom. The van der Waals surface area contributed by atoms with Gasteiger partial charge in [0.2, 0.25) is 11.8 Å². The molecule has 0 radical (unpaired) electrons. The number of anilines is 1. The standard InChI is InChI=1S/C26H34N4O2/c1-20-11-14-29(15-12-20)24-10-9-22(17-27-24)18-28-26(32)23-8-5-13-30(19-23)25(31)16-21-6-3-2-4-7-21/h2-4,6-7,9-10,17,20,23H,5,8,11-16,18-19H2,1H3,(H,28,32). The fraction of sp³-hybridized carbons (Fsp3) is 0.500. The molecule has 0 spiro atoms. The van der Waals surface area contributed by atoms with Crippen LogP contribution in [0.25, 0.3) is 0 Å². The molecule has 2 aliphatic rings. The van der Waals surface area contributed by atoms with Crippen LogP contribution >= 0.6 is 0 Å². The van der Waals surface area contributed by atoms with Gasteiger partial charge in [0.1, 0.15) is 5.82 Å². The van der Waals surface area contributed by atoms with Crippen molar-refractivity contribution in [3.8, 4) is 0 Å². The van der Waals surface area contributed by atoms with Crippen LogP contribution in [0.15, 0.2) is 48.7 Å². The highest BCUT2D eigenvalue weighted by Crippen LogP contribution is 2.22. The van der Waals surface area contributed by atoms with Crippen molar-refractivity contribution >= 4 is 17.6 Å². The van der Waals surface area contributed by atoms with E-state index >= 15 is 0 Å². The van der Waals surface area contributed by atoms with Gasteiger partial charge in [-0.2, -0.15) is 0 Å². The molecule has 2 fully saturated rings. The molecular formula is C26H34N4O2. The van der Waals surface area contributed by atoms with Crippen molar-refractivity contribution in [1.29, 1.82) is 0 Å². The van der Waals surface area contributed by atoms with Gasteiger partial charge in [-0.25, -0.2) is 4.98 Å². The van der Waals surface area contributed by atoms with E-state index in [2.05, 4.69) is 34.3 Å². The molecule has 32 heavy (non-hydrogen) atoms. The average molecular weight is 435 g/mol. The lowest BCUT2D eigenvalue weighted by Gasteiger charge is -2.32. The lowest BCUT2D eigenvalue weighted by Crippen LogP contribution is -2.45. The third-order valence-corrected chi connectivity index (χ3v) is 6.73. The zero-order valence-corrected chi connectivity index (χ0v) is 19.0. The van der Waals surface area contributed by atoms with Crippen LogP contribution in [0.4, 0.5) is 5.82 Å². The molecule has 2 aliphatic heterocycles. The van der Waals surface area contributed by atoms with E-state index in [1.165, 1.54) is 12.8 Å². The number of hydrogen-bond acceptors (Lipinski definition) is 4. The first-order valence-corrected chi connectivity index (χ1v) is 11.9. The summed E-state index contributed by atoms with van der Waals surface area (Å²) in [6, 6.07) is 13.9. The zero-order valence-electron chi connectivity index (χ0n) is 19.0. The molecule has 1 aromatic heterocycles. The summed E-state index contributed by atoms with van der Waals surface area (Å²) in [5, 5.41) is 3.05. The molecular weight excluding hydrogens is 400 g/mol. The number of benzene rings is 1. The molecule has 6 nitrogen and oxygen atoms in total. The maximum absolute atomic E-state index is 12.8. The largest absolute Gasteiger partial charge is 0.357 e. The first kappa shape index (κ1) is 22.3. The van der Waals surface area contributed by atoms with Gasteiger partial charge in [0, 0.05) is 38.9 Å². The zero-order chi connectivity index (χ0) is 22.3. The molecule has 170 valence electrons. The number of aromatic nitrogens is 1. The molecule has 0 saturated carbocycles. The highest BCUT2D eigenvalue weighted by Gasteiger charge is 2.28. The summed E-state index contributed by atoms with van der Waals surface area (Å²) in [5.74, 6) is 1.79. The monoisotopic (exact) mass is 434 g/mol. The van der Waals surface area contributed by atoms with Crippen LogP contribution in [0.3, 0.4) is 0 Å². The minimum Gasteiger partial charge on any atom is -0.357 e. The first-order valence-electron chi connectivity index (χ1n) is 11.9. The topological polar surface area (TPSA) is 65.5 Å². The Morgan fingerprint density at radius 3 is 2.50 bits per heavy atom. The van der Waals surface area contributed by atoms with E-state index in [4.69, 9.17) is 0 Å². The van der Waals surface area contributed by atoms with Crippen molar-refractivity contribution in [1.82, 2.24) is 15.2 Å². The van der Waals surface area contributed by atoms with Crippen molar-refractivity contribution in [3.05, 3.63) is 59.8 Å². The van der Waals surface area contributed by atoms with Crippen LogP contribution in [0.1, 0.15) is 43.7 Å². The molecule has 1 aromatic carbocycles. The van der Waals surface area contributed by atoms with Crippen LogP contribution in [0.2, 0.25) is 0 Å². The number of carbonyl (C=O) groups excluding carboxylic acids is 2. The van der Waals surface area contributed by atoms with Gasteiger partial charge in [0.15, 0.2) is 0 Å². The lowest BCUT2D eigenvalue weighted by molar-refractivity contribution is -0.135. The van der Waals surface area contributed by atoms with Gasteiger partial charge in [-0.15, -0.1) is 0 Å².